The molecule has 0 bridgehead atoms. The summed E-state index contributed by atoms with van der Waals surface area (Å²) >= 11 is 0. The van der Waals surface area contributed by atoms with Crippen molar-refractivity contribution in [2.24, 2.45) is 0 Å². The van der Waals surface area contributed by atoms with Crippen LogP contribution in [0.25, 0.3) is 0 Å². The van der Waals surface area contributed by atoms with Crippen LogP contribution in [-0.4, -0.2) is 52.0 Å². The van der Waals surface area contributed by atoms with Crippen molar-refractivity contribution in [2.75, 3.05) is 26.2 Å². The van der Waals surface area contributed by atoms with E-state index in [4.69, 9.17) is 9.26 Å². The summed E-state index contributed by atoms with van der Waals surface area (Å²) in [4.78, 5) is 20.8. The van der Waals surface area contributed by atoms with Crippen LogP contribution in [0.3, 0.4) is 0 Å². The van der Waals surface area contributed by atoms with Gasteiger partial charge in [-0.15, -0.1) is 0 Å². The third-order valence-electron chi connectivity index (χ3n) is 4.74. The zero-order valence-electron chi connectivity index (χ0n) is 15.5. The van der Waals surface area contributed by atoms with Gasteiger partial charge in [0.05, 0.1) is 6.07 Å². The zero-order chi connectivity index (χ0) is 19.2. The fourth-order valence-electron chi connectivity index (χ4n) is 3.17. The Morgan fingerprint density at radius 3 is 2.50 bits per heavy atom. The Morgan fingerprint density at radius 2 is 1.75 bits per heavy atom. The minimum absolute atomic E-state index is 0.148. The van der Waals surface area contributed by atoms with Gasteiger partial charge in [-0.3, -0.25) is 14.7 Å². The number of benzene rings is 1. The molecule has 28 heavy (non-hydrogen) atoms. The lowest BCUT2D eigenvalue weighted by Crippen LogP contribution is -2.48. The van der Waals surface area contributed by atoms with Gasteiger partial charge in [0.25, 0.3) is 11.8 Å². The average molecular weight is 378 g/mol. The number of rotatable bonds is 6. The molecule has 3 aromatic rings. The van der Waals surface area contributed by atoms with Crippen molar-refractivity contribution in [3.05, 3.63) is 77.8 Å². The monoisotopic (exact) mass is 378 g/mol. The van der Waals surface area contributed by atoms with Gasteiger partial charge in [-0.05, 0) is 28.4 Å². The molecule has 1 aromatic carbocycles. The Morgan fingerprint density at radius 1 is 1.00 bits per heavy atom. The summed E-state index contributed by atoms with van der Waals surface area (Å²) in [7, 11) is 0. The molecule has 1 fully saturated rings. The van der Waals surface area contributed by atoms with Crippen molar-refractivity contribution in [1.82, 2.24) is 19.9 Å². The van der Waals surface area contributed by atoms with Gasteiger partial charge in [-0.1, -0.05) is 30.3 Å². The molecule has 7 nitrogen and oxygen atoms in total. The predicted molar refractivity (Wildman–Crippen MR) is 103 cm³/mol. The van der Waals surface area contributed by atoms with E-state index in [2.05, 4.69) is 15.0 Å². The summed E-state index contributed by atoms with van der Waals surface area (Å²) in [5.74, 6) is 0.389. The van der Waals surface area contributed by atoms with Gasteiger partial charge >= 0.3 is 0 Å². The van der Waals surface area contributed by atoms with E-state index in [9.17, 15) is 4.79 Å². The quantitative estimate of drug-likeness (QED) is 0.657. The molecule has 1 amide bonds. The summed E-state index contributed by atoms with van der Waals surface area (Å²) < 4.78 is 10.8. The molecule has 0 spiro atoms. The van der Waals surface area contributed by atoms with E-state index >= 15 is 0 Å². The zero-order valence-corrected chi connectivity index (χ0v) is 15.5. The molecule has 1 aliphatic rings. The molecule has 0 atom stereocenters. The number of pyridine rings is 1. The van der Waals surface area contributed by atoms with E-state index < -0.39 is 0 Å². The maximum absolute atomic E-state index is 12.7. The normalized spacial score (nSPS) is 14.8. The predicted octanol–water partition coefficient (Wildman–Crippen LogP) is 2.61. The number of piperazine rings is 1. The third kappa shape index (κ3) is 4.55. The van der Waals surface area contributed by atoms with Crippen LogP contribution in [0, 0.1) is 0 Å². The second kappa shape index (κ2) is 8.67. The lowest BCUT2D eigenvalue weighted by Gasteiger charge is -2.34. The summed E-state index contributed by atoms with van der Waals surface area (Å²) in [6.45, 7) is 4.20. The van der Waals surface area contributed by atoms with Crippen LogP contribution in [0.2, 0.25) is 0 Å². The second-order valence-corrected chi connectivity index (χ2v) is 6.73. The molecule has 1 aliphatic heterocycles. The average Bonchev–Trinajstić information content (AvgIpc) is 3.23. The lowest BCUT2D eigenvalue weighted by molar-refractivity contribution is 0.0588. The molecule has 1 saturated heterocycles. The number of aromatic nitrogens is 2. The fraction of sp³-hybridized carbons (Fsp3) is 0.286. The standard InChI is InChI=1S/C21H22N4O3/c26-21(19-14-20(23-28-19)27-16-18-4-2-1-3-5-18)25-12-10-24(11-13-25)15-17-6-8-22-9-7-17/h1-9,14H,10-13,15-16H2. The van der Waals surface area contributed by atoms with Gasteiger partial charge < -0.3 is 14.2 Å². The number of carbonyl (C=O) groups is 1. The molecule has 7 heteroatoms. The highest BCUT2D eigenvalue weighted by Gasteiger charge is 2.25. The molecule has 0 radical (unpaired) electrons. The Hall–Kier alpha value is -3.19. The number of hydrogen-bond acceptors (Lipinski definition) is 6. The molecule has 2 aromatic heterocycles. The summed E-state index contributed by atoms with van der Waals surface area (Å²) in [6, 6.07) is 15.4. The first kappa shape index (κ1) is 18.2. The molecular weight excluding hydrogens is 356 g/mol. The topological polar surface area (TPSA) is 71.7 Å². The molecule has 0 saturated carbocycles. The highest BCUT2D eigenvalue weighted by Crippen LogP contribution is 2.17. The Balaban J connectivity index is 1.28. The van der Waals surface area contributed by atoms with Crippen molar-refractivity contribution in [3.8, 4) is 5.88 Å². The molecule has 144 valence electrons. The highest BCUT2D eigenvalue weighted by molar-refractivity contribution is 5.91. The van der Waals surface area contributed by atoms with Crippen LogP contribution in [0.15, 0.2) is 65.4 Å². The smallest absolute Gasteiger partial charge is 0.292 e. The number of carbonyl (C=O) groups excluding carboxylic acids is 1. The van der Waals surface area contributed by atoms with Gasteiger partial charge in [-0.2, -0.15) is 0 Å². The summed E-state index contributed by atoms with van der Waals surface area (Å²) in [5.41, 5.74) is 2.26. The maximum Gasteiger partial charge on any atom is 0.292 e. The Bertz CT molecular complexity index is 890. The molecule has 0 N–H and O–H groups in total. The number of hydrogen-bond donors (Lipinski definition) is 0. The minimum atomic E-state index is -0.148. The van der Waals surface area contributed by atoms with Crippen LogP contribution in [0.5, 0.6) is 5.88 Å². The van der Waals surface area contributed by atoms with E-state index in [0.717, 1.165) is 25.2 Å². The highest BCUT2D eigenvalue weighted by atomic mass is 16.5. The van der Waals surface area contributed by atoms with Crippen LogP contribution in [-0.2, 0) is 13.2 Å². The molecule has 4 rings (SSSR count). The van der Waals surface area contributed by atoms with Crippen LogP contribution in [0.1, 0.15) is 21.7 Å². The Kier molecular flexibility index (Phi) is 5.63. The first-order valence-electron chi connectivity index (χ1n) is 9.32. The summed E-state index contributed by atoms with van der Waals surface area (Å²) in [5, 5.41) is 3.86. The van der Waals surface area contributed by atoms with Gasteiger partial charge in [0.1, 0.15) is 6.61 Å². The van der Waals surface area contributed by atoms with E-state index in [1.165, 1.54) is 5.56 Å². The molecule has 0 unspecified atom stereocenters. The summed E-state index contributed by atoms with van der Waals surface area (Å²) in [6.07, 6.45) is 3.60. The van der Waals surface area contributed by atoms with Crippen molar-refractivity contribution in [2.45, 2.75) is 13.2 Å². The number of ether oxygens (including phenoxy) is 1. The SMILES string of the molecule is O=C(c1cc(OCc2ccccc2)no1)N1CCN(Cc2ccncc2)CC1. The largest absolute Gasteiger partial charge is 0.471 e. The molecule has 3 heterocycles. The molecule has 0 aliphatic carbocycles. The van der Waals surface area contributed by atoms with Crippen molar-refractivity contribution in [3.63, 3.8) is 0 Å². The van der Waals surface area contributed by atoms with E-state index in [1.807, 2.05) is 42.5 Å². The van der Waals surface area contributed by atoms with Gasteiger partial charge in [0.15, 0.2) is 0 Å². The minimum Gasteiger partial charge on any atom is -0.471 e. The second-order valence-electron chi connectivity index (χ2n) is 6.73. The van der Waals surface area contributed by atoms with Crippen LogP contribution >= 0.6 is 0 Å². The van der Waals surface area contributed by atoms with E-state index in [1.54, 1.807) is 23.4 Å². The van der Waals surface area contributed by atoms with Crippen LogP contribution in [0.4, 0.5) is 0 Å². The van der Waals surface area contributed by atoms with Crippen LogP contribution < -0.4 is 4.74 Å². The van der Waals surface area contributed by atoms with E-state index in [0.29, 0.717) is 25.6 Å². The van der Waals surface area contributed by atoms with Crippen molar-refractivity contribution < 1.29 is 14.1 Å². The first-order chi connectivity index (χ1) is 13.8. The van der Waals surface area contributed by atoms with Gasteiger partial charge in [0.2, 0.25) is 5.76 Å². The lowest BCUT2D eigenvalue weighted by atomic mass is 10.2. The fourth-order valence-corrected chi connectivity index (χ4v) is 3.17. The third-order valence-corrected chi connectivity index (χ3v) is 4.74. The van der Waals surface area contributed by atoms with Gasteiger partial charge in [0, 0.05) is 45.1 Å². The Labute approximate surface area is 163 Å². The number of nitrogens with zero attached hydrogens (tertiary/aromatic N) is 4. The maximum atomic E-state index is 12.7. The molecular formula is C21H22N4O3. The van der Waals surface area contributed by atoms with E-state index in [-0.39, 0.29) is 11.7 Å². The van der Waals surface area contributed by atoms with Crippen molar-refractivity contribution >= 4 is 5.91 Å². The van der Waals surface area contributed by atoms with Crippen molar-refractivity contribution in [1.29, 1.82) is 0 Å². The first-order valence-corrected chi connectivity index (χ1v) is 9.32. The van der Waals surface area contributed by atoms with Gasteiger partial charge in [-0.25, -0.2) is 0 Å². The number of amides is 1.